The lowest BCUT2D eigenvalue weighted by Gasteiger charge is -2.12. The maximum atomic E-state index is 13.4. The maximum Gasteiger partial charge on any atom is 0.267 e. The molecule has 0 aliphatic heterocycles. The molecule has 0 spiro atoms. The SMILES string of the molecule is N#CCn1c(CSc2nnc3n(-c4ccccc4)c(=O)c4ccccc4n23)nc2ccccc2c1=O. The molecular weight excluding hydrogens is 474 g/mol. The summed E-state index contributed by atoms with van der Waals surface area (Å²) in [6.45, 7) is -0.108. The van der Waals surface area contributed by atoms with Gasteiger partial charge in [0, 0.05) is 0 Å². The molecule has 174 valence electrons. The van der Waals surface area contributed by atoms with Crippen LogP contribution in [0.2, 0.25) is 0 Å². The molecule has 0 amide bonds. The van der Waals surface area contributed by atoms with Crippen molar-refractivity contribution in [3.63, 3.8) is 0 Å². The fourth-order valence-electron chi connectivity index (χ4n) is 4.27. The van der Waals surface area contributed by atoms with Crippen molar-refractivity contribution in [1.29, 1.82) is 5.26 Å². The molecule has 0 atom stereocenters. The van der Waals surface area contributed by atoms with Crippen LogP contribution in [0.25, 0.3) is 33.3 Å². The van der Waals surface area contributed by atoms with Gasteiger partial charge in [-0.15, -0.1) is 10.2 Å². The molecule has 0 aliphatic carbocycles. The molecule has 10 heteroatoms. The van der Waals surface area contributed by atoms with Gasteiger partial charge < -0.3 is 0 Å². The number of nitriles is 1. The predicted octanol–water partition coefficient (Wildman–Crippen LogP) is 3.56. The highest BCUT2D eigenvalue weighted by Gasteiger charge is 2.19. The molecule has 0 bridgehead atoms. The second kappa shape index (κ2) is 8.79. The minimum atomic E-state index is -0.257. The number of para-hydroxylation sites is 3. The van der Waals surface area contributed by atoms with Crippen LogP contribution in [0.15, 0.2) is 93.6 Å². The number of hydrogen-bond acceptors (Lipinski definition) is 7. The highest BCUT2D eigenvalue weighted by atomic mass is 32.2. The standard InChI is InChI=1S/C26H17N7O2S/c27-14-15-31-22(28-20-12-6-4-10-18(20)23(31)34)16-36-26-30-29-25-32(17-8-2-1-3-9-17)24(35)19-11-5-7-13-21(19)33(25)26/h1-13H,15-16H2. The Bertz CT molecular complexity index is 1930. The first kappa shape index (κ1) is 21.8. The number of benzene rings is 3. The lowest BCUT2D eigenvalue weighted by Crippen LogP contribution is -2.24. The van der Waals surface area contributed by atoms with Crippen molar-refractivity contribution in [3.05, 3.63) is 105 Å². The average Bonchev–Trinajstić information content (AvgIpc) is 3.34. The Hall–Kier alpha value is -4.75. The number of thioether (sulfide) groups is 1. The summed E-state index contributed by atoms with van der Waals surface area (Å²) in [6, 6.07) is 25.7. The first-order chi connectivity index (χ1) is 17.7. The zero-order valence-corrected chi connectivity index (χ0v) is 19.6. The zero-order chi connectivity index (χ0) is 24.6. The van der Waals surface area contributed by atoms with E-state index in [2.05, 4.69) is 21.3 Å². The lowest BCUT2D eigenvalue weighted by atomic mass is 10.2. The van der Waals surface area contributed by atoms with Gasteiger partial charge in [-0.1, -0.05) is 54.2 Å². The zero-order valence-electron chi connectivity index (χ0n) is 18.8. The van der Waals surface area contributed by atoms with E-state index in [0.29, 0.717) is 44.3 Å². The van der Waals surface area contributed by atoms with E-state index in [0.717, 1.165) is 0 Å². The minimum Gasteiger partial charge on any atom is -0.281 e. The predicted molar refractivity (Wildman–Crippen MR) is 137 cm³/mol. The molecule has 9 nitrogen and oxygen atoms in total. The lowest BCUT2D eigenvalue weighted by molar-refractivity contribution is 0.729. The van der Waals surface area contributed by atoms with Crippen molar-refractivity contribution < 1.29 is 0 Å². The van der Waals surface area contributed by atoms with Crippen LogP contribution in [0.4, 0.5) is 0 Å². The van der Waals surface area contributed by atoms with Crippen LogP contribution in [0.1, 0.15) is 5.82 Å². The summed E-state index contributed by atoms with van der Waals surface area (Å²) in [6.07, 6.45) is 0. The molecule has 3 aromatic heterocycles. The van der Waals surface area contributed by atoms with Crippen molar-refractivity contribution in [2.24, 2.45) is 0 Å². The van der Waals surface area contributed by atoms with Gasteiger partial charge in [-0.25, -0.2) is 9.55 Å². The summed E-state index contributed by atoms with van der Waals surface area (Å²) >= 11 is 1.33. The third-order valence-corrected chi connectivity index (χ3v) is 6.83. The van der Waals surface area contributed by atoms with Crippen LogP contribution in [0.5, 0.6) is 0 Å². The summed E-state index contributed by atoms with van der Waals surface area (Å²) in [5.41, 5.74) is 1.49. The van der Waals surface area contributed by atoms with Gasteiger partial charge in [0.05, 0.1) is 39.3 Å². The maximum absolute atomic E-state index is 13.4. The highest BCUT2D eigenvalue weighted by Crippen LogP contribution is 2.25. The van der Waals surface area contributed by atoms with Crippen LogP contribution >= 0.6 is 11.8 Å². The normalized spacial score (nSPS) is 11.3. The van der Waals surface area contributed by atoms with Crippen LogP contribution < -0.4 is 11.1 Å². The Morgan fingerprint density at radius 2 is 1.56 bits per heavy atom. The van der Waals surface area contributed by atoms with Crippen molar-refractivity contribution in [2.45, 2.75) is 17.5 Å². The fraction of sp³-hybridized carbons (Fsp3) is 0.0769. The summed E-state index contributed by atoms with van der Waals surface area (Å²) in [5.74, 6) is 1.12. The van der Waals surface area contributed by atoms with E-state index >= 15 is 0 Å². The van der Waals surface area contributed by atoms with Crippen LogP contribution in [0, 0.1) is 11.3 Å². The smallest absolute Gasteiger partial charge is 0.267 e. The molecule has 0 N–H and O–H groups in total. The van der Waals surface area contributed by atoms with Gasteiger partial charge in [0.1, 0.15) is 12.4 Å². The molecule has 0 saturated carbocycles. The molecular formula is C26H17N7O2S. The molecule has 0 aliphatic rings. The molecule has 3 aromatic carbocycles. The van der Waals surface area contributed by atoms with Gasteiger partial charge in [-0.2, -0.15) is 5.26 Å². The topological polar surface area (TPSA) is 111 Å². The summed E-state index contributed by atoms with van der Waals surface area (Å²) in [7, 11) is 0. The van der Waals surface area contributed by atoms with Gasteiger partial charge in [0.2, 0.25) is 5.78 Å². The number of fused-ring (bicyclic) bond motifs is 4. The Kier molecular flexibility index (Phi) is 5.32. The molecule has 6 aromatic rings. The number of rotatable bonds is 5. The number of nitrogens with zero attached hydrogens (tertiary/aromatic N) is 7. The first-order valence-electron chi connectivity index (χ1n) is 11.1. The third-order valence-electron chi connectivity index (χ3n) is 5.91. The summed E-state index contributed by atoms with van der Waals surface area (Å²) in [5, 5.41) is 19.6. The van der Waals surface area contributed by atoms with E-state index in [9.17, 15) is 14.9 Å². The average molecular weight is 492 g/mol. The van der Waals surface area contributed by atoms with E-state index in [4.69, 9.17) is 0 Å². The summed E-state index contributed by atoms with van der Waals surface area (Å²) in [4.78, 5) is 31.1. The molecule has 0 saturated heterocycles. The highest BCUT2D eigenvalue weighted by molar-refractivity contribution is 7.98. The van der Waals surface area contributed by atoms with Crippen molar-refractivity contribution >= 4 is 39.3 Å². The van der Waals surface area contributed by atoms with Gasteiger partial charge in [0.15, 0.2) is 5.16 Å². The van der Waals surface area contributed by atoms with E-state index in [1.54, 1.807) is 28.8 Å². The monoisotopic (exact) mass is 491 g/mol. The number of aromatic nitrogens is 6. The van der Waals surface area contributed by atoms with Crippen LogP contribution in [-0.2, 0) is 12.3 Å². The van der Waals surface area contributed by atoms with E-state index in [-0.39, 0.29) is 23.4 Å². The quantitative estimate of drug-likeness (QED) is 0.339. The van der Waals surface area contributed by atoms with Gasteiger partial charge in [-0.3, -0.25) is 18.6 Å². The Morgan fingerprint density at radius 1 is 0.833 bits per heavy atom. The molecule has 0 radical (unpaired) electrons. The Balaban J connectivity index is 1.52. The molecule has 6 rings (SSSR count). The Labute approximate surface area is 207 Å². The van der Waals surface area contributed by atoms with Gasteiger partial charge in [-0.05, 0) is 36.4 Å². The van der Waals surface area contributed by atoms with Crippen molar-refractivity contribution in [3.8, 4) is 11.8 Å². The van der Waals surface area contributed by atoms with Gasteiger partial charge in [0.25, 0.3) is 11.1 Å². The largest absolute Gasteiger partial charge is 0.281 e. The van der Waals surface area contributed by atoms with Gasteiger partial charge >= 0.3 is 0 Å². The number of hydrogen-bond donors (Lipinski definition) is 0. The molecule has 0 fully saturated rings. The molecule has 36 heavy (non-hydrogen) atoms. The van der Waals surface area contributed by atoms with Crippen molar-refractivity contribution in [1.82, 2.24) is 28.7 Å². The minimum absolute atomic E-state index is 0.108. The summed E-state index contributed by atoms with van der Waals surface area (Å²) < 4.78 is 4.76. The fourth-order valence-corrected chi connectivity index (χ4v) is 5.16. The first-order valence-corrected chi connectivity index (χ1v) is 12.1. The molecule has 3 heterocycles. The van der Waals surface area contributed by atoms with E-state index in [1.807, 2.05) is 59.0 Å². The molecule has 0 unspecified atom stereocenters. The third kappa shape index (κ3) is 3.45. The second-order valence-corrected chi connectivity index (χ2v) is 8.94. The van der Waals surface area contributed by atoms with Crippen LogP contribution in [0.3, 0.4) is 0 Å². The Morgan fingerprint density at radius 3 is 2.36 bits per heavy atom. The van der Waals surface area contributed by atoms with Crippen molar-refractivity contribution in [2.75, 3.05) is 0 Å². The van der Waals surface area contributed by atoms with Crippen LogP contribution in [-0.4, -0.2) is 28.7 Å². The second-order valence-electron chi connectivity index (χ2n) is 7.99. The van der Waals surface area contributed by atoms with E-state index in [1.165, 1.54) is 16.3 Å². The van der Waals surface area contributed by atoms with E-state index < -0.39 is 0 Å².